The number of hydrogen-bond donors (Lipinski definition) is 1. The van der Waals surface area contributed by atoms with Crippen LogP contribution in [-0.4, -0.2) is 12.6 Å². The maximum atomic E-state index is 3.84. The Morgan fingerprint density at radius 3 is 2.50 bits per heavy atom. The van der Waals surface area contributed by atoms with Gasteiger partial charge in [-0.1, -0.05) is 18.1 Å². The van der Waals surface area contributed by atoms with Crippen LogP contribution in [-0.2, 0) is 0 Å². The molecule has 1 nitrogen and oxygen atoms in total. The molecule has 0 aliphatic heterocycles. The van der Waals surface area contributed by atoms with E-state index in [1.54, 1.807) is 0 Å². The molecule has 1 N–H and O–H groups in total. The van der Waals surface area contributed by atoms with Crippen LogP contribution in [0.15, 0.2) is 11.6 Å². The summed E-state index contributed by atoms with van der Waals surface area (Å²) in [7, 11) is 0. The van der Waals surface area contributed by atoms with Gasteiger partial charge in [-0.3, -0.25) is 0 Å². The molecule has 3 saturated carbocycles. The van der Waals surface area contributed by atoms with Crippen LogP contribution in [0, 0.1) is 10.8 Å². The maximum absolute atomic E-state index is 3.84. The topological polar surface area (TPSA) is 12.0 Å². The van der Waals surface area contributed by atoms with Gasteiger partial charge in [-0.05, 0) is 69.6 Å². The lowest BCUT2D eigenvalue weighted by Crippen LogP contribution is -2.55. The molecule has 100 valence electrons. The first-order chi connectivity index (χ1) is 8.80. The van der Waals surface area contributed by atoms with Gasteiger partial charge < -0.3 is 5.32 Å². The minimum Gasteiger partial charge on any atom is -0.313 e. The molecular weight excluding hydrogens is 218 g/mol. The molecule has 0 aromatic rings. The minimum absolute atomic E-state index is 0.601. The van der Waals surface area contributed by atoms with E-state index in [4.69, 9.17) is 0 Å². The normalized spacial score (nSPS) is 32.6. The fourth-order valence-corrected chi connectivity index (χ4v) is 4.83. The first-order valence-electron chi connectivity index (χ1n) is 8.23. The number of rotatable bonds is 4. The van der Waals surface area contributed by atoms with Gasteiger partial charge in [0.2, 0.25) is 0 Å². The molecule has 0 atom stereocenters. The smallest absolute Gasteiger partial charge is 0.00685 e. The first-order valence-corrected chi connectivity index (χ1v) is 8.23. The van der Waals surface area contributed by atoms with E-state index >= 15 is 0 Å². The molecular formula is C17H27N. The second kappa shape index (κ2) is 4.10. The molecule has 0 amide bonds. The van der Waals surface area contributed by atoms with E-state index in [0.717, 1.165) is 11.5 Å². The molecule has 3 fully saturated rings. The Kier molecular flexibility index (Phi) is 2.62. The highest BCUT2D eigenvalue weighted by Crippen LogP contribution is 2.67. The predicted octanol–water partition coefficient (Wildman–Crippen LogP) is 4.19. The summed E-state index contributed by atoms with van der Waals surface area (Å²) in [6.07, 6.45) is 18.7. The van der Waals surface area contributed by atoms with E-state index in [0.29, 0.717) is 5.41 Å². The van der Waals surface area contributed by atoms with Crippen LogP contribution in [0.3, 0.4) is 0 Å². The Labute approximate surface area is 111 Å². The maximum Gasteiger partial charge on any atom is 0.00685 e. The predicted molar refractivity (Wildman–Crippen MR) is 75.5 cm³/mol. The van der Waals surface area contributed by atoms with Gasteiger partial charge in [0.15, 0.2) is 0 Å². The zero-order valence-corrected chi connectivity index (χ0v) is 11.6. The van der Waals surface area contributed by atoms with Crippen LogP contribution in [0.2, 0.25) is 0 Å². The largest absolute Gasteiger partial charge is 0.313 e. The molecule has 0 bridgehead atoms. The standard InChI is InChI=1S/C17H27N/c1-2-5-14(6-3-1)17(13-18-15-7-8-15)11-16(12-17)9-4-10-16/h5,15,18H,1-4,6-13H2. The summed E-state index contributed by atoms with van der Waals surface area (Å²) in [4.78, 5) is 0. The lowest BCUT2D eigenvalue weighted by molar-refractivity contribution is -0.0760. The van der Waals surface area contributed by atoms with Crippen LogP contribution < -0.4 is 5.32 Å². The van der Waals surface area contributed by atoms with Gasteiger partial charge in [0.05, 0.1) is 0 Å². The van der Waals surface area contributed by atoms with E-state index in [9.17, 15) is 0 Å². The average Bonchev–Trinajstić information content (AvgIpc) is 3.11. The molecule has 4 rings (SSSR count). The zero-order chi connectivity index (χ0) is 12.1. The van der Waals surface area contributed by atoms with Crippen LogP contribution in [0.25, 0.3) is 0 Å². The Hall–Kier alpha value is -0.300. The first kappa shape index (κ1) is 11.5. The van der Waals surface area contributed by atoms with Crippen molar-refractivity contribution >= 4 is 0 Å². The van der Waals surface area contributed by atoms with Gasteiger partial charge in [0.25, 0.3) is 0 Å². The minimum atomic E-state index is 0.601. The molecule has 0 aromatic heterocycles. The van der Waals surface area contributed by atoms with Crippen LogP contribution in [0.1, 0.15) is 70.6 Å². The quantitative estimate of drug-likeness (QED) is 0.732. The summed E-state index contributed by atoms with van der Waals surface area (Å²) >= 11 is 0. The molecule has 4 aliphatic carbocycles. The molecule has 0 saturated heterocycles. The molecule has 0 aromatic carbocycles. The highest BCUT2D eigenvalue weighted by Gasteiger charge is 2.57. The van der Waals surface area contributed by atoms with E-state index in [2.05, 4.69) is 11.4 Å². The highest BCUT2D eigenvalue weighted by molar-refractivity contribution is 5.26. The zero-order valence-electron chi connectivity index (χ0n) is 11.6. The fourth-order valence-electron chi connectivity index (χ4n) is 4.83. The van der Waals surface area contributed by atoms with Gasteiger partial charge in [-0.15, -0.1) is 0 Å². The lowest BCUT2D eigenvalue weighted by atomic mass is 9.43. The van der Waals surface area contributed by atoms with Gasteiger partial charge >= 0.3 is 0 Å². The van der Waals surface area contributed by atoms with Crippen molar-refractivity contribution in [3.8, 4) is 0 Å². The van der Waals surface area contributed by atoms with Crippen molar-refractivity contribution < 1.29 is 0 Å². The van der Waals surface area contributed by atoms with Crippen molar-refractivity contribution in [2.75, 3.05) is 6.54 Å². The molecule has 1 heteroatoms. The van der Waals surface area contributed by atoms with Gasteiger partial charge in [-0.2, -0.15) is 0 Å². The average molecular weight is 245 g/mol. The van der Waals surface area contributed by atoms with E-state index in [-0.39, 0.29) is 0 Å². The van der Waals surface area contributed by atoms with Gasteiger partial charge in [0, 0.05) is 18.0 Å². The van der Waals surface area contributed by atoms with Crippen LogP contribution in [0.4, 0.5) is 0 Å². The summed E-state index contributed by atoms with van der Waals surface area (Å²) in [5.74, 6) is 0. The van der Waals surface area contributed by atoms with Gasteiger partial charge in [-0.25, -0.2) is 0 Å². The molecule has 0 heterocycles. The summed E-state index contributed by atoms with van der Waals surface area (Å²) in [6, 6.07) is 0.879. The summed E-state index contributed by atoms with van der Waals surface area (Å²) in [5, 5.41) is 3.84. The van der Waals surface area contributed by atoms with Crippen molar-refractivity contribution in [1.29, 1.82) is 0 Å². The Bertz CT molecular complexity index is 352. The van der Waals surface area contributed by atoms with E-state index in [1.165, 1.54) is 77.2 Å². The second-order valence-electron chi connectivity index (χ2n) is 7.62. The van der Waals surface area contributed by atoms with Crippen LogP contribution >= 0.6 is 0 Å². The molecule has 0 unspecified atom stereocenters. The van der Waals surface area contributed by atoms with Crippen LogP contribution in [0.5, 0.6) is 0 Å². The van der Waals surface area contributed by atoms with Gasteiger partial charge in [0.1, 0.15) is 0 Å². The Morgan fingerprint density at radius 2 is 1.94 bits per heavy atom. The third kappa shape index (κ3) is 1.86. The molecule has 4 aliphatic rings. The third-order valence-electron chi connectivity index (χ3n) is 6.12. The summed E-state index contributed by atoms with van der Waals surface area (Å²) < 4.78 is 0. The summed E-state index contributed by atoms with van der Waals surface area (Å²) in [5.41, 5.74) is 3.26. The monoisotopic (exact) mass is 245 g/mol. The fraction of sp³-hybridized carbons (Fsp3) is 0.882. The van der Waals surface area contributed by atoms with Crippen molar-refractivity contribution in [2.45, 2.75) is 76.7 Å². The number of hydrogen-bond acceptors (Lipinski definition) is 1. The second-order valence-corrected chi connectivity index (χ2v) is 7.62. The molecule has 0 radical (unpaired) electrons. The van der Waals surface area contributed by atoms with E-state index in [1.807, 2.05) is 5.57 Å². The summed E-state index contributed by atoms with van der Waals surface area (Å²) in [6.45, 7) is 1.30. The Morgan fingerprint density at radius 1 is 1.11 bits per heavy atom. The number of nitrogens with one attached hydrogen (secondary N) is 1. The SMILES string of the molecule is C1=C(C2(CNC3CC3)CC3(CCC3)C2)CCCC1. The molecule has 1 spiro atoms. The van der Waals surface area contributed by atoms with Crippen molar-refractivity contribution in [1.82, 2.24) is 5.32 Å². The van der Waals surface area contributed by atoms with E-state index < -0.39 is 0 Å². The van der Waals surface area contributed by atoms with Crippen molar-refractivity contribution in [3.05, 3.63) is 11.6 Å². The van der Waals surface area contributed by atoms with Crippen molar-refractivity contribution in [2.24, 2.45) is 10.8 Å². The Balaban J connectivity index is 1.48. The molecule has 18 heavy (non-hydrogen) atoms. The highest BCUT2D eigenvalue weighted by atomic mass is 15.0. The van der Waals surface area contributed by atoms with Crippen molar-refractivity contribution in [3.63, 3.8) is 0 Å². The lowest BCUT2D eigenvalue weighted by Gasteiger charge is -2.63. The third-order valence-corrected chi connectivity index (χ3v) is 6.12. The number of allylic oxidation sites excluding steroid dienone is 1.